The lowest BCUT2D eigenvalue weighted by molar-refractivity contribution is 0.350. The first-order valence-electron chi connectivity index (χ1n) is 7.32. The van der Waals surface area contributed by atoms with Crippen molar-refractivity contribution in [2.45, 2.75) is 19.8 Å². The Morgan fingerprint density at radius 1 is 1.14 bits per heavy atom. The Morgan fingerprint density at radius 2 is 1.95 bits per heavy atom. The van der Waals surface area contributed by atoms with Gasteiger partial charge in [-0.15, -0.1) is 0 Å². The lowest BCUT2D eigenvalue weighted by Crippen LogP contribution is -2.15. The van der Waals surface area contributed by atoms with Crippen molar-refractivity contribution in [1.29, 1.82) is 0 Å². The first-order valence-corrected chi connectivity index (χ1v) is 7.32. The van der Waals surface area contributed by atoms with E-state index in [0.717, 1.165) is 18.4 Å². The molecule has 21 heavy (non-hydrogen) atoms. The third kappa shape index (κ3) is 2.95. The number of benzene rings is 2. The summed E-state index contributed by atoms with van der Waals surface area (Å²) in [7, 11) is 0. The highest BCUT2D eigenvalue weighted by atomic mass is 16.5. The maximum absolute atomic E-state index is 5.72. The van der Waals surface area contributed by atoms with Crippen molar-refractivity contribution in [2.24, 2.45) is 11.7 Å². The molecule has 4 nitrogen and oxygen atoms in total. The normalized spacial score (nSPS) is 12.7. The summed E-state index contributed by atoms with van der Waals surface area (Å²) < 4.78 is 5.35. The zero-order valence-corrected chi connectivity index (χ0v) is 12.1. The monoisotopic (exact) mass is 281 g/mol. The Morgan fingerprint density at radius 3 is 2.71 bits per heavy atom. The number of fused-ring (bicyclic) bond motifs is 1. The molecule has 0 aliphatic rings. The molecular weight excluding hydrogens is 262 g/mol. The zero-order chi connectivity index (χ0) is 14.7. The van der Waals surface area contributed by atoms with Gasteiger partial charge in [-0.1, -0.05) is 54.9 Å². The van der Waals surface area contributed by atoms with Crippen molar-refractivity contribution in [3.05, 3.63) is 48.4 Å². The van der Waals surface area contributed by atoms with Crippen LogP contribution in [0.25, 0.3) is 22.2 Å². The molecule has 1 aromatic heterocycles. The number of nitrogens with zero attached hydrogens (tertiary/aromatic N) is 2. The summed E-state index contributed by atoms with van der Waals surface area (Å²) in [5.74, 6) is 1.70. The molecular formula is C17H19N3O. The zero-order valence-electron chi connectivity index (χ0n) is 12.1. The minimum absolute atomic E-state index is 0.398. The van der Waals surface area contributed by atoms with E-state index in [-0.39, 0.29) is 0 Å². The first-order chi connectivity index (χ1) is 10.3. The number of nitrogens with two attached hydrogens (primary N) is 1. The van der Waals surface area contributed by atoms with E-state index in [1.807, 2.05) is 18.2 Å². The molecule has 0 aliphatic carbocycles. The quantitative estimate of drug-likeness (QED) is 0.778. The van der Waals surface area contributed by atoms with Crippen molar-refractivity contribution in [3.63, 3.8) is 0 Å². The van der Waals surface area contributed by atoms with Crippen molar-refractivity contribution < 1.29 is 4.52 Å². The Balaban J connectivity index is 1.87. The Kier molecular flexibility index (Phi) is 3.97. The van der Waals surface area contributed by atoms with E-state index in [4.69, 9.17) is 10.3 Å². The van der Waals surface area contributed by atoms with Crippen LogP contribution in [0.1, 0.15) is 19.2 Å². The van der Waals surface area contributed by atoms with Crippen LogP contribution < -0.4 is 5.73 Å². The van der Waals surface area contributed by atoms with Crippen LogP contribution in [0.2, 0.25) is 0 Å². The predicted molar refractivity (Wildman–Crippen MR) is 83.8 cm³/mol. The van der Waals surface area contributed by atoms with Crippen LogP contribution in [0.4, 0.5) is 0 Å². The molecule has 1 atom stereocenters. The van der Waals surface area contributed by atoms with E-state index < -0.39 is 0 Å². The van der Waals surface area contributed by atoms with Gasteiger partial charge in [0.15, 0.2) is 0 Å². The molecule has 0 saturated carbocycles. The third-order valence-electron chi connectivity index (χ3n) is 3.85. The van der Waals surface area contributed by atoms with Gasteiger partial charge in [-0.3, -0.25) is 0 Å². The Labute approximate surface area is 124 Å². The molecule has 0 fully saturated rings. The van der Waals surface area contributed by atoms with E-state index in [2.05, 4.69) is 41.3 Å². The minimum atomic E-state index is 0.398. The molecule has 0 amide bonds. The van der Waals surface area contributed by atoms with E-state index in [0.29, 0.717) is 24.2 Å². The Hall–Kier alpha value is -2.20. The second-order valence-corrected chi connectivity index (χ2v) is 5.29. The summed E-state index contributed by atoms with van der Waals surface area (Å²) in [5, 5.41) is 6.47. The van der Waals surface area contributed by atoms with E-state index in [1.165, 1.54) is 10.8 Å². The van der Waals surface area contributed by atoms with Gasteiger partial charge in [0.05, 0.1) is 0 Å². The van der Waals surface area contributed by atoms with Crippen LogP contribution in [-0.2, 0) is 6.42 Å². The van der Waals surface area contributed by atoms with Crippen LogP contribution in [-0.4, -0.2) is 16.7 Å². The summed E-state index contributed by atoms with van der Waals surface area (Å²) in [6.07, 6.45) is 1.76. The van der Waals surface area contributed by atoms with Crippen molar-refractivity contribution in [2.75, 3.05) is 6.54 Å². The molecule has 3 aromatic rings. The van der Waals surface area contributed by atoms with Crippen LogP contribution in [0.3, 0.4) is 0 Å². The lowest BCUT2D eigenvalue weighted by atomic mass is 10.0. The highest BCUT2D eigenvalue weighted by Crippen LogP contribution is 2.23. The second-order valence-electron chi connectivity index (χ2n) is 5.29. The molecule has 2 N–H and O–H groups in total. The minimum Gasteiger partial charge on any atom is -0.339 e. The molecule has 0 bridgehead atoms. The summed E-state index contributed by atoms with van der Waals surface area (Å²) in [4.78, 5) is 4.49. The Bertz CT molecular complexity index is 731. The highest BCUT2D eigenvalue weighted by molar-refractivity contribution is 5.86. The molecule has 4 heteroatoms. The molecule has 108 valence electrons. The lowest BCUT2D eigenvalue weighted by Gasteiger charge is -2.07. The molecule has 1 unspecified atom stereocenters. The third-order valence-corrected chi connectivity index (χ3v) is 3.85. The second kappa shape index (κ2) is 6.06. The average Bonchev–Trinajstić information content (AvgIpc) is 3.00. The molecule has 0 spiro atoms. The number of rotatable bonds is 5. The topological polar surface area (TPSA) is 64.9 Å². The number of aromatic nitrogens is 2. The van der Waals surface area contributed by atoms with Crippen molar-refractivity contribution in [1.82, 2.24) is 10.1 Å². The predicted octanol–water partition coefficient (Wildman–Crippen LogP) is 3.42. The van der Waals surface area contributed by atoms with Crippen molar-refractivity contribution in [3.8, 4) is 11.4 Å². The van der Waals surface area contributed by atoms with Gasteiger partial charge in [0.25, 0.3) is 0 Å². The van der Waals surface area contributed by atoms with Gasteiger partial charge in [0.1, 0.15) is 0 Å². The van der Waals surface area contributed by atoms with Crippen LogP contribution in [0, 0.1) is 5.92 Å². The van der Waals surface area contributed by atoms with Gasteiger partial charge in [-0.25, -0.2) is 0 Å². The van der Waals surface area contributed by atoms with Crippen molar-refractivity contribution >= 4 is 10.8 Å². The molecule has 2 aromatic carbocycles. The highest BCUT2D eigenvalue weighted by Gasteiger charge is 2.13. The van der Waals surface area contributed by atoms with Gasteiger partial charge in [-0.2, -0.15) is 4.98 Å². The number of hydrogen-bond donors (Lipinski definition) is 1. The van der Waals surface area contributed by atoms with Crippen LogP contribution in [0.5, 0.6) is 0 Å². The van der Waals surface area contributed by atoms with Crippen LogP contribution in [0.15, 0.2) is 47.0 Å². The van der Waals surface area contributed by atoms with Crippen LogP contribution >= 0.6 is 0 Å². The maximum atomic E-state index is 5.72. The SMILES string of the molecule is CCC(CN)Cc1nc(-c2ccc3ccccc3c2)no1. The maximum Gasteiger partial charge on any atom is 0.227 e. The van der Waals surface area contributed by atoms with Gasteiger partial charge >= 0.3 is 0 Å². The van der Waals surface area contributed by atoms with E-state index >= 15 is 0 Å². The standard InChI is InChI=1S/C17H19N3O/c1-2-12(11-18)9-16-19-17(20-21-16)15-8-7-13-5-3-4-6-14(13)10-15/h3-8,10,12H,2,9,11,18H2,1H3. The smallest absolute Gasteiger partial charge is 0.227 e. The summed E-state index contributed by atoms with van der Waals surface area (Å²) in [5.41, 5.74) is 6.70. The molecule has 1 heterocycles. The van der Waals surface area contributed by atoms with E-state index in [9.17, 15) is 0 Å². The molecule has 0 aliphatic heterocycles. The molecule has 0 radical (unpaired) electrons. The molecule has 3 rings (SSSR count). The van der Waals surface area contributed by atoms with E-state index in [1.54, 1.807) is 0 Å². The summed E-state index contributed by atoms with van der Waals surface area (Å²) >= 11 is 0. The van der Waals surface area contributed by atoms with Gasteiger partial charge in [-0.05, 0) is 29.3 Å². The van der Waals surface area contributed by atoms with Gasteiger partial charge in [0, 0.05) is 12.0 Å². The average molecular weight is 281 g/mol. The number of hydrogen-bond acceptors (Lipinski definition) is 4. The fourth-order valence-corrected chi connectivity index (χ4v) is 2.42. The summed E-state index contributed by atoms with van der Waals surface area (Å²) in [6, 6.07) is 14.4. The van der Waals surface area contributed by atoms with Gasteiger partial charge < -0.3 is 10.3 Å². The largest absolute Gasteiger partial charge is 0.339 e. The molecule has 0 saturated heterocycles. The first kappa shape index (κ1) is 13.8. The fourth-order valence-electron chi connectivity index (χ4n) is 2.42. The fraction of sp³-hybridized carbons (Fsp3) is 0.294. The summed E-state index contributed by atoms with van der Waals surface area (Å²) in [6.45, 7) is 2.77. The van der Waals surface area contributed by atoms with Gasteiger partial charge in [0.2, 0.25) is 11.7 Å².